The standard InChI is InChI=1S/C32H25BrN4O6S.K.H/c1-3-21-15-24-29(39)36(17-26(38)20-12-13-27(42-2)25(33)14-20)32(41)37(30(24)44-21)16-18-8-10-19(11-9-18)22-6-4-5-7-23(22)28-34-31(40)43-35-28;;/h4-15H,3,16-17H2,1-2H3,(H,34,35,40);;. The summed E-state index contributed by atoms with van der Waals surface area (Å²) in [5, 5.41) is 4.23. The molecule has 0 aliphatic heterocycles. The molecule has 45 heavy (non-hydrogen) atoms. The zero-order valence-electron chi connectivity index (χ0n) is 23.6. The Morgan fingerprint density at radius 2 is 1.73 bits per heavy atom. The molecule has 0 aliphatic carbocycles. The van der Waals surface area contributed by atoms with E-state index in [1.165, 1.54) is 18.4 Å². The fourth-order valence-electron chi connectivity index (χ4n) is 5.04. The van der Waals surface area contributed by atoms with Crippen molar-refractivity contribution in [1.29, 1.82) is 0 Å². The monoisotopic (exact) mass is 712 g/mol. The minimum absolute atomic E-state index is 0. The molecule has 1 N–H and O–H groups in total. The number of methoxy groups -OCH3 is 1. The number of aromatic nitrogens is 4. The molecule has 0 radical (unpaired) electrons. The van der Waals surface area contributed by atoms with Gasteiger partial charge in [-0.25, -0.2) is 9.59 Å². The van der Waals surface area contributed by atoms with Crippen LogP contribution in [0.1, 0.15) is 27.7 Å². The van der Waals surface area contributed by atoms with Gasteiger partial charge >= 0.3 is 62.8 Å². The molecule has 0 atom stereocenters. The number of fused-ring (bicyclic) bond motifs is 1. The minimum atomic E-state index is -0.637. The molecule has 0 bridgehead atoms. The summed E-state index contributed by atoms with van der Waals surface area (Å²) in [4.78, 5) is 56.2. The molecule has 0 fully saturated rings. The normalized spacial score (nSPS) is 11.0. The van der Waals surface area contributed by atoms with Gasteiger partial charge in [0.25, 0.3) is 5.56 Å². The Kier molecular flexibility index (Phi) is 10.4. The van der Waals surface area contributed by atoms with Crippen molar-refractivity contribution in [2.24, 2.45) is 0 Å². The number of hydrogen-bond donors (Lipinski definition) is 1. The van der Waals surface area contributed by atoms with E-state index in [1.807, 2.05) is 55.5 Å². The number of halogens is 1. The topological polar surface area (TPSA) is 129 Å². The zero-order valence-corrected chi connectivity index (χ0v) is 26.0. The van der Waals surface area contributed by atoms with Crippen LogP contribution in [0.3, 0.4) is 0 Å². The fourth-order valence-corrected chi connectivity index (χ4v) is 6.66. The van der Waals surface area contributed by atoms with Gasteiger partial charge in [0.1, 0.15) is 10.6 Å². The number of nitrogens with one attached hydrogen (secondary N) is 1. The Morgan fingerprint density at radius 3 is 2.38 bits per heavy atom. The van der Waals surface area contributed by atoms with Crippen molar-refractivity contribution in [3.8, 4) is 28.3 Å². The molecule has 0 spiro atoms. The van der Waals surface area contributed by atoms with Gasteiger partial charge in [-0.15, -0.1) is 11.3 Å². The number of aryl methyl sites for hydroxylation is 1. The van der Waals surface area contributed by atoms with Gasteiger partial charge in [-0.2, -0.15) is 0 Å². The van der Waals surface area contributed by atoms with Gasteiger partial charge in [-0.1, -0.05) is 60.6 Å². The molecule has 0 amide bonds. The number of thiophene rings is 1. The fraction of sp³-hybridized carbons (Fsp3) is 0.156. The van der Waals surface area contributed by atoms with E-state index in [0.29, 0.717) is 43.8 Å². The number of hydrogen-bond acceptors (Lipinski definition) is 8. The third-order valence-electron chi connectivity index (χ3n) is 7.30. The van der Waals surface area contributed by atoms with Crippen LogP contribution >= 0.6 is 27.3 Å². The first-order valence-corrected chi connectivity index (χ1v) is 15.3. The molecule has 10 nitrogen and oxygen atoms in total. The summed E-state index contributed by atoms with van der Waals surface area (Å²) < 4.78 is 13.1. The molecule has 0 unspecified atom stereocenters. The van der Waals surface area contributed by atoms with E-state index >= 15 is 0 Å². The van der Waals surface area contributed by atoms with E-state index in [0.717, 1.165) is 26.1 Å². The molecule has 13 heteroatoms. The first kappa shape index (κ1) is 33.2. The first-order chi connectivity index (χ1) is 21.3. The number of carbonyl (C=O) groups is 1. The summed E-state index contributed by atoms with van der Waals surface area (Å²) in [5.74, 6) is -0.121. The van der Waals surface area contributed by atoms with Crippen molar-refractivity contribution < 1.29 is 14.1 Å². The number of benzene rings is 3. The second-order valence-electron chi connectivity index (χ2n) is 10.0. The van der Waals surface area contributed by atoms with Crippen LogP contribution in [0.4, 0.5) is 0 Å². The molecule has 6 rings (SSSR count). The Balaban J connectivity index is 0.00000400. The van der Waals surface area contributed by atoms with Gasteiger partial charge in [0.05, 0.1) is 30.1 Å². The number of H-pyrrole nitrogens is 1. The summed E-state index contributed by atoms with van der Waals surface area (Å²) in [7, 11) is 1.53. The van der Waals surface area contributed by atoms with Crippen LogP contribution in [0, 0.1) is 0 Å². The van der Waals surface area contributed by atoms with E-state index in [-0.39, 0.29) is 63.7 Å². The molecular weight excluding hydrogens is 687 g/mol. The van der Waals surface area contributed by atoms with Crippen LogP contribution < -0.4 is 21.7 Å². The average molecular weight is 714 g/mol. The average Bonchev–Trinajstić information content (AvgIpc) is 3.68. The number of ketones is 1. The maximum absolute atomic E-state index is 13.8. The summed E-state index contributed by atoms with van der Waals surface area (Å²) in [6.07, 6.45) is 0.705. The predicted molar refractivity (Wildman–Crippen MR) is 179 cm³/mol. The van der Waals surface area contributed by atoms with E-state index in [4.69, 9.17) is 4.74 Å². The van der Waals surface area contributed by atoms with Crippen LogP contribution in [-0.4, -0.2) is 83.6 Å². The number of nitrogens with zero attached hydrogens (tertiary/aromatic N) is 3. The SMILES string of the molecule is CCc1cc2c(=O)n(CC(=O)c3ccc(OC)c(Br)c3)c(=O)n(Cc3ccc(-c4ccccc4-c4noc(=O)[nH]4)cc3)c2s1.[KH]. The molecule has 0 saturated heterocycles. The Hall–Kier alpha value is -3.17. The van der Waals surface area contributed by atoms with Crippen molar-refractivity contribution in [3.05, 3.63) is 125 Å². The number of Topliss-reactive ketones (excluding diaryl/α,β-unsaturated/α-hetero) is 1. The van der Waals surface area contributed by atoms with E-state index in [9.17, 15) is 19.2 Å². The maximum atomic E-state index is 13.8. The number of rotatable bonds is 9. The Morgan fingerprint density at radius 1 is 1.00 bits per heavy atom. The van der Waals surface area contributed by atoms with Gasteiger partial charge in [0.15, 0.2) is 11.6 Å². The second kappa shape index (κ2) is 14.1. The third-order valence-corrected chi connectivity index (χ3v) is 9.22. The predicted octanol–water partition coefficient (Wildman–Crippen LogP) is 4.85. The molecule has 0 saturated carbocycles. The Bertz CT molecular complexity index is 2210. The van der Waals surface area contributed by atoms with Crippen LogP contribution in [0.15, 0.2) is 96.2 Å². The summed E-state index contributed by atoms with van der Waals surface area (Å²) in [6, 6.07) is 21.8. The molecule has 0 aliphatic rings. The van der Waals surface area contributed by atoms with Gasteiger partial charge in [0.2, 0.25) is 0 Å². The van der Waals surface area contributed by atoms with E-state index < -0.39 is 23.5 Å². The zero-order chi connectivity index (χ0) is 31.0. The van der Waals surface area contributed by atoms with Crippen molar-refractivity contribution in [2.45, 2.75) is 26.4 Å². The number of ether oxygens (including phenoxy) is 1. The van der Waals surface area contributed by atoms with Crippen molar-refractivity contribution in [3.63, 3.8) is 0 Å². The van der Waals surface area contributed by atoms with Crippen molar-refractivity contribution in [1.82, 2.24) is 19.3 Å². The van der Waals surface area contributed by atoms with E-state index in [1.54, 1.807) is 28.8 Å². The second-order valence-corrected chi connectivity index (χ2v) is 12.0. The van der Waals surface area contributed by atoms with E-state index in [2.05, 4.69) is 30.6 Å². The van der Waals surface area contributed by atoms with Gasteiger partial charge in [-0.3, -0.25) is 28.2 Å². The number of carbonyl (C=O) groups excluding carboxylic acids is 1. The van der Waals surface area contributed by atoms with Gasteiger partial charge in [-0.05, 0) is 63.3 Å². The molecular formula is C32H26BrKN4O6S. The van der Waals surface area contributed by atoms with Crippen molar-refractivity contribution in [2.75, 3.05) is 7.11 Å². The molecule has 3 aromatic carbocycles. The van der Waals surface area contributed by atoms with Crippen LogP contribution in [0.2, 0.25) is 0 Å². The van der Waals surface area contributed by atoms with Crippen LogP contribution in [0.5, 0.6) is 5.75 Å². The Labute approximate surface area is 311 Å². The molecule has 3 heterocycles. The van der Waals surface area contributed by atoms with Crippen LogP contribution in [-0.2, 0) is 19.5 Å². The van der Waals surface area contributed by atoms with Crippen LogP contribution in [0.25, 0.3) is 32.7 Å². The quantitative estimate of drug-likeness (QED) is 0.168. The number of aromatic amines is 1. The summed E-state index contributed by atoms with van der Waals surface area (Å²) in [6.45, 7) is 1.78. The molecule has 224 valence electrons. The first-order valence-electron chi connectivity index (χ1n) is 13.6. The third kappa shape index (κ3) is 6.70. The summed E-state index contributed by atoms with van der Waals surface area (Å²) in [5.41, 5.74) is 2.54. The summed E-state index contributed by atoms with van der Waals surface area (Å²) >= 11 is 4.79. The van der Waals surface area contributed by atoms with Gasteiger partial charge in [0, 0.05) is 16.0 Å². The molecule has 6 aromatic rings. The molecule has 3 aromatic heterocycles. The van der Waals surface area contributed by atoms with Gasteiger partial charge < -0.3 is 4.74 Å². The van der Waals surface area contributed by atoms with Crippen molar-refractivity contribution >= 4 is 94.7 Å².